The molecule has 5 heteroatoms. The van der Waals surface area contributed by atoms with E-state index in [1.165, 1.54) is 37.7 Å². The van der Waals surface area contributed by atoms with Crippen LogP contribution >= 0.6 is 11.3 Å². The fourth-order valence-corrected chi connectivity index (χ4v) is 4.88. The minimum Gasteiger partial charge on any atom is -0.465 e. The number of carbonyl (C=O) groups excluding carboxylic acids is 2. The summed E-state index contributed by atoms with van der Waals surface area (Å²) < 4.78 is 4.84. The minimum absolute atomic E-state index is 0.0774. The van der Waals surface area contributed by atoms with Crippen molar-refractivity contribution in [1.82, 2.24) is 0 Å². The average Bonchev–Trinajstić information content (AvgIpc) is 3.14. The first-order valence-corrected chi connectivity index (χ1v) is 8.32. The molecular weight excluding hydrogens is 286 g/mol. The molecule has 0 spiro atoms. The zero-order valence-corrected chi connectivity index (χ0v) is 13.5. The van der Waals surface area contributed by atoms with Crippen LogP contribution in [0.25, 0.3) is 0 Å². The molecule has 0 radical (unpaired) electrons. The lowest BCUT2D eigenvalue weighted by Crippen LogP contribution is -2.27. The Morgan fingerprint density at radius 1 is 1.24 bits per heavy atom. The smallest absolute Gasteiger partial charge is 0.341 e. The van der Waals surface area contributed by atoms with Crippen molar-refractivity contribution >= 4 is 28.2 Å². The van der Waals surface area contributed by atoms with Crippen molar-refractivity contribution in [2.24, 2.45) is 17.8 Å². The van der Waals surface area contributed by atoms with Gasteiger partial charge >= 0.3 is 5.97 Å². The van der Waals surface area contributed by atoms with Gasteiger partial charge in [-0.3, -0.25) is 4.79 Å². The van der Waals surface area contributed by atoms with Gasteiger partial charge < -0.3 is 10.1 Å². The second-order valence-electron chi connectivity index (χ2n) is 6.25. The van der Waals surface area contributed by atoms with Crippen molar-refractivity contribution in [2.75, 3.05) is 12.4 Å². The topological polar surface area (TPSA) is 55.4 Å². The highest BCUT2D eigenvalue weighted by Crippen LogP contribution is 2.48. The third kappa shape index (κ3) is 2.48. The number of ether oxygens (including phenoxy) is 1. The summed E-state index contributed by atoms with van der Waals surface area (Å²) in [5, 5.41) is 3.64. The summed E-state index contributed by atoms with van der Waals surface area (Å²) in [7, 11) is 1.37. The van der Waals surface area contributed by atoms with Crippen LogP contribution < -0.4 is 5.32 Å². The van der Waals surface area contributed by atoms with Crippen LogP contribution in [-0.2, 0) is 9.53 Å². The molecule has 0 unspecified atom stereocenters. The average molecular weight is 307 g/mol. The van der Waals surface area contributed by atoms with Crippen LogP contribution in [-0.4, -0.2) is 19.0 Å². The first-order chi connectivity index (χ1) is 10.0. The van der Waals surface area contributed by atoms with Crippen molar-refractivity contribution in [1.29, 1.82) is 0 Å². The standard InChI is InChI=1S/C16H21NO3S/c1-8-9(2)21-15(13(8)16(19)20-3)17-14(18)12-7-10-4-5-11(12)6-10/h10-12H,4-7H2,1-3H3,(H,17,18)/t10-,11-,12-/m0/s1. The van der Waals surface area contributed by atoms with Gasteiger partial charge in [0.25, 0.3) is 0 Å². The molecule has 0 aromatic carbocycles. The molecule has 1 N–H and O–H groups in total. The van der Waals surface area contributed by atoms with Crippen molar-refractivity contribution in [2.45, 2.75) is 39.5 Å². The quantitative estimate of drug-likeness (QED) is 0.869. The Morgan fingerprint density at radius 3 is 2.57 bits per heavy atom. The molecule has 3 atom stereocenters. The summed E-state index contributed by atoms with van der Waals surface area (Å²) in [6.45, 7) is 3.85. The van der Waals surface area contributed by atoms with E-state index in [-0.39, 0.29) is 17.8 Å². The van der Waals surface area contributed by atoms with Crippen LogP contribution in [0, 0.1) is 31.6 Å². The molecule has 1 amide bonds. The summed E-state index contributed by atoms with van der Waals surface area (Å²) >= 11 is 1.46. The molecule has 1 aromatic heterocycles. The minimum atomic E-state index is -0.375. The van der Waals surface area contributed by atoms with Crippen LogP contribution in [0.1, 0.15) is 46.5 Å². The number of hydrogen-bond donors (Lipinski definition) is 1. The van der Waals surface area contributed by atoms with Crippen molar-refractivity contribution in [3.05, 3.63) is 16.0 Å². The predicted octanol–water partition coefficient (Wildman–Crippen LogP) is 3.53. The van der Waals surface area contributed by atoms with Gasteiger partial charge in [-0.1, -0.05) is 6.42 Å². The molecule has 0 aliphatic heterocycles. The predicted molar refractivity (Wildman–Crippen MR) is 82.7 cm³/mol. The van der Waals surface area contributed by atoms with E-state index in [2.05, 4.69) is 5.32 Å². The van der Waals surface area contributed by atoms with Gasteiger partial charge in [-0.15, -0.1) is 11.3 Å². The number of thiophene rings is 1. The Kier molecular flexibility index (Phi) is 3.78. The van der Waals surface area contributed by atoms with Crippen molar-refractivity contribution < 1.29 is 14.3 Å². The maximum Gasteiger partial charge on any atom is 0.341 e. The largest absolute Gasteiger partial charge is 0.465 e. The maximum absolute atomic E-state index is 12.5. The lowest BCUT2D eigenvalue weighted by molar-refractivity contribution is -0.121. The van der Waals surface area contributed by atoms with Gasteiger partial charge in [0.15, 0.2) is 0 Å². The Labute approximate surface area is 128 Å². The highest BCUT2D eigenvalue weighted by Gasteiger charge is 2.43. The van der Waals surface area contributed by atoms with Crippen molar-refractivity contribution in [3.8, 4) is 0 Å². The molecule has 2 aliphatic rings. The molecule has 0 saturated heterocycles. The fraction of sp³-hybridized carbons (Fsp3) is 0.625. The number of esters is 1. The number of methoxy groups -OCH3 is 1. The normalized spacial score (nSPS) is 26.9. The number of hydrogen-bond acceptors (Lipinski definition) is 4. The van der Waals surface area contributed by atoms with E-state index < -0.39 is 0 Å². The number of fused-ring (bicyclic) bond motifs is 2. The molecule has 2 saturated carbocycles. The summed E-state index contributed by atoms with van der Waals surface area (Å²) in [6.07, 6.45) is 4.66. The van der Waals surface area contributed by atoms with Gasteiger partial charge in [-0.05, 0) is 50.5 Å². The van der Waals surface area contributed by atoms with Crippen LogP contribution in [0.3, 0.4) is 0 Å². The van der Waals surface area contributed by atoms with E-state index in [9.17, 15) is 9.59 Å². The fourth-order valence-electron chi connectivity index (χ4n) is 3.83. The SMILES string of the molecule is COC(=O)c1c(NC(=O)[C@H]2C[C@H]3CC[C@H]2C3)sc(C)c1C. The van der Waals surface area contributed by atoms with Crippen molar-refractivity contribution in [3.63, 3.8) is 0 Å². The number of carbonyl (C=O) groups is 2. The van der Waals surface area contributed by atoms with Gasteiger partial charge in [0, 0.05) is 10.8 Å². The van der Waals surface area contributed by atoms with E-state index in [0.29, 0.717) is 16.5 Å². The summed E-state index contributed by atoms with van der Waals surface area (Å²) in [6, 6.07) is 0. The lowest BCUT2D eigenvalue weighted by Gasteiger charge is -2.20. The Balaban J connectivity index is 1.80. The molecule has 1 aromatic rings. The number of rotatable bonds is 3. The van der Waals surface area contributed by atoms with E-state index >= 15 is 0 Å². The van der Waals surface area contributed by atoms with Gasteiger partial charge in [0.2, 0.25) is 5.91 Å². The molecule has 114 valence electrons. The monoisotopic (exact) mass is 307 g/mol. The van der Waals surface area contributed by atoms with Crippen LogP contribution in [0.5, 0.6) is 0 Å². The number of aryl methyl sites for hydroxylation is 1. The highest BCUT2D eigenvalue weighted by molar-refractivity contribution is 7.16. The van der Waals surface area contributed by atoms with E-state index in [1.54, 1.807) is 0 Å². The molecule has 3 rings (SSSR count). The summed E-state index contributed by atoms with van der Waals surface area (Å²) in [5.41, 5.74) is 1.41. The first kappa shape index (κ1) is 14.6. The van der Waals surface area contributed by atoms with Gasteiger partial charge in [0.1, 0.15) is 5.00 Å². The second-order valence-corrected chi connectivity index (χ2v) is 7.47. The molecule has 2 aliphatic carbocycles. The Bertz CT molecular complexity index is 593. The molecule has 2 fully saturated rings. The van der Waals surface area contributed by atoms with Gasteiger partial charge in [-0.2, -0.15) is 0 Å². The zero-order valence-electron chi connectivity index (χ0n) is 12.7. The highest BCUT2D eigenvalue weighted by atomic mass is 32.1. The molecule has 21 heavy (non-hydrogen) atoms. The first-order valence-electron chi connectivity index (χ1n) is 7.50. The van der Waals surface area contributed by atoms with E-state index in [4.69, 9.17) is 4.74 Å². The maximum atomic E-state index is 12.5. The zero-order chi connectivity index (χ0) is 15.1. The number of anilines is 1. The van der Waals surface area contributed by atoms with E-state index in [1.807, 2.05) is 13.8 Å². The summed E-state index contributed by atoms with van der Waals surface area (Å²) in [5.74, 6) is 1.10. The third-order valence-electron chi connectivity index (χ3n) is 5.09. The number of amides is 1. The Hall–Kier alpha value is -1.36. The van der Waals surface area contributed by atoms with Crippen LogP contribution in [0.2, 0.25) is 0 Å². The molecule has 4 nitrogen and oxygen atoms in total. The van der Waals surface area contributed by atoms with Crippen LogP contribution in [0.15, 0.2) is 0 Å². The number of nitrogens with one attached hydrogen (secondary N) is 1. The molecule has 2 bridgehead atoms. The second kappa shape index (κ2) is 5.44. The van der Waals surface area contributed by atoms with Gasteiger partial charge in [-0.25, -0.2) is 4.79 Å². The van der Waals surface area contributed by atoms with Crippen LogP contribution in [0.4, 0.5) is 5.00 Å². The van der Waals surface area contributed by atoms with Gasteiger partial charge in [0.05, 0.1) is 12.7 Å². The molecule has 1 heterocycles. The molecular formula is C16H21NO3S. The third-order valence-corrected chi connectivity index (χ3v) is 6.21. The Morgan fingerprint density at radius 2 is 2.00 bits per heavy atom. The lowest BCUT2D eigenvalue weighted by atomic mass is 9.88. The summed E-state index contributed by atoms with van der Waals surface area (Å²) in [4.78, 5) is 25.5. The van der Waals surface area contributed by atoms with E-state index in [0.717, 1.165) is 22.8 Å².